The van der Waals surface area contributed by atoms with Crippen LogP contribution in [-0.2, 0) is 0 Å². The molecule has 2 aromatic heterocycles. The van der Waals surface area contributed by atoms with Gasteiger partial charge in [-0.05, 0) is 54.4 Å². The Balaban J connectivity index is 1.60. The number of rotatable bonds is 2. The summed E-state index contributed by atoms with van der Waals surface area (Å²) in [6, 6.07) is 14.1. The third-order valence-corrected chi connectivity index (χ3v) is 6.60. The van der Waals surface area contributed by atoms with Crippen LogP contribution in [0.1, 0.15) is 50.4 Å². The molecule has 3 aromatic rings. The van der Waals surface area contributed by atoms with Crippen molar-refractivity contribution in [1.29, 1.82) is 0 Å². The van der Waals surface area contributed by atoms with Gasteiger partial charge in [0.15, 0.2) is 0 Å². The van der Waals surface area contributed by atoms with Crippen molar-refractivity contribution in [2.45, 2.75) is 46.1 Å². The molecule has 0 radical (unpaired) electrons. The predicted molar refractivity (Wildman–Crippen MR) is 116 cm³/mol. The highest BCUT2D eigenvalue weighted by atomic mass is 16.2. The zero-order valence-electron chi connectivity index (χ0n) is 17.4. The Bertz CT molecular complexity index is 1090. The summed E-state index contributed by atoms with van der Waals surface area (Å²) in [4.78, 5) is 24.9. The van der Waals surface area contributed by atoms with Crippen molar-refractivity contribution in [3.8, 4) is 11.3 Å². The molecular formula is C25H27N3O. The van der Waals surface area contributed by atoms with Gasteiger partial charge in [-0.2, -0.15) is 0 Å². The lowest BCUT2D eigenvalue weighted by Crippen LogP contribution is -2.37. The van der Waals surface area contributed by atoms with Crippen LogP contribution in [0.3, 0.4) is 0 Å². The molecule has 1 amide bonds. The topological polar surface area (TPSA) is 46.1 Å². The SMILES string of the molecule is CC1(C)CC2CC(C)(CN2C(=O)c2cc(-c3ccncc3)nc3ccccc23)C1. The summed E-state index contributed by atoms with van der Waals surface area (Å²) in [5.41, 5.74) is 3.93. The monoisotopic (exact) mass is 385 g/mol. The quantitative estimate of drug-likeness (QED) is 0.598. The smallest absolute Gasteiger partial charge is 0.254 e. The fourth-order valence-corrected chi connectivity index (χ4v) is 5.87. The molecule has 29 heavy (non-hydrogen) atoms. The zero-order valence-corrected chi connectivity index (χ0v) is 17.4. The molecule has 2 aliphatic rings. The van der Waals surface area contributed by atoms with Gasteiger partial charge in [0.05, 0.1) is 16.8 Å². The van der Waals surface area contributed by atoms with E-state index in [1.54, 1.807) is 12.4 Å². The first-order valence-electron chi connectivity index (χ1n) is 10.4. The summed E-state index contributed by atoms with van der Waals surface area (Å²) < 4.78 is 0. The number of hydrogen-bond donors (Lipinski definition) is 0. The standard InChI is InChI=1S/C25H27N3O/c1-24(2)13-18-14-25(3,15-24)16-28(18)23(29)20-12-22(17-8-10-26-11-9-17)27-21-7-5-4-6-19(20)21/h4-12,18H,13-16H2,1-3H3. The largest absolute Gasteiger partial charge is 0.335 e. The van der Waals surface area contributed by atoms with E-state index in [1.165, 1.54) is 6.42 Å². The lowest BCUT2D eigenvalue weighted by molar-refractivity contribution is 0.0710. The van der Waals surface area contributed by atoms with E-state index in [1.807, 2.05) is 42.5 Å². The molecule has 4 heteroatoms. The number of carbonyl (C=O) groups is 1. The minimum atomic E-state index is 0.144. The van der Waals surface area contributed by atoms with E-state index in [-0.39, 0.29) is 16.7 Å². The number of amides is 1. The van der Waals surface area contributed by atoms with Gasteiger partial charge in [0, 0.05) is 35.9 Å². The van der Waals surface area contributed by atoms with Crippen molar-refractivity contribution < 1.29 is 4.79 Å². The maximum Gasteiger partial charge on any atom is 0.254 e. The molecule has 0 N–H and O–H groups in total. The van der Waals surface area contributed by atoms with Crippen LogP contribution in [0.2, 0.25) is 0 Å². The normalized spacial score (nSPS) is 25.3. The molecule has 2 unspecified atom stereocenters. The molecule has 1 saturated carbocycles. The highest BCUT2D eigenvalue weighted by Gasteiger charge is 2.51. The van der Waals surface area contributed by atoms with Gasteiger partial charge < -0.3 is 4.90 Å². The van der Waals surface area contributed by atoms with E-state index in [2.05, 4.69) is 30.7 Å². The van der Waals surface area contributed by atoms with Gasteiger partial charge in [-0.15, -0.1) is 0 Å². The summed E-state index contributed by atoms with van der Waals surface area (Å²) in [5, 5.41) is 0.932. The van der Waals surface area contributed by atoms with Crippen LogP contribution >= 0.6 is 0 Å². The van der Waals surface area contributed by atoms with Crippen molar-refractivity contribution in [2.24, 2.45) is 10.8 Å². The summed E-state index contributed by atoms with van der Waals surface area (Å²) in [6.45, 7) is 7.88. The van der Waals surface area contributed by atoms with Crippen molar-refractivity contribution in [1.82, 2.24) is 14.9 Å². The lowest BCUT2D eigenvalue weighted by Gasteiger charge is -2.39. The first-order chi connectivity index (χ1) is 13.8. The fourth-order valence-electron chi connectivity index (χ4n) is 5.87. The number of pyridine rings is 2. The van der Waals surface area contributed by atoms with E-state index in [9.17, 15) is 4.79 Å². The Morgan fingerprint density at radius 3 is 2.62 bits per heavy atom. The number of para-hydroxylation sites is 1. The number of likely N-dealkylation sites (tertiary alicyclic amines) is 1. The molecule has 148 valence electrons. The number of carbonyl (C=O) groups excluding carboxylic acids is 1. The lowest BCUT2D eigenvalue weighted by atomic mass is 9.65. The number of aromatic nitrogens is 2. The van der Waals surface area contributed by atoms with Crippen molar-refractivity contribution >= 4 is 16.8 Å². The summed E-state index contributed by atoms with van der Waals surface area (Å²) in [7, 11) is 0. The second-order valence-corrected chi connectivity index (χ2v) is 9.95. The Hall–Kier alpha value is -2.75. The number of nitrogens with zero attached hydrogens (tertiary/aromatic N) is 3. The Kier molecular flexibility index (Phi) is 4.02. The first kappa shape index (κ1) is 18.3. The van der Waals surface area contributed by atoms with Crippen LogP contribution in [0.25, 0.3) is 22.2 Å². The van der Waals surface area contributed by atoms with Crippen molar-refractivity contribution in [3.63, 3.8) is 0 Å². The highest BCUT2D eigenvalue weighted by Crippen LogP contribution is 2.52. The van der Waals surface area contributed by atoms with Crippen molar-refractivity contribution in [3.05, 3.63) is 60.4 Å². The Morgan fingerprint density at radius 2 is 1.83 bits per heavy atom. The van der Waals surface area contributed by atoms with Gasteiger partial charge in [-0.25, -0.2) is 4.98 Å². The Labute approximate surface area is 172 Å². The minimum absolute atomic E-state index is 0.144. The third-order valence-electron chi connectivity index (χ3n) is 6.60. The molecule has 3 heterocycles. The van der Waals surface area contributed by atoms with Crippen LogP contribution in [0, 0.1) is 10.8 Å². The van der Waals surface area contributed by atoms with E-state index in [4.69, 9.17) is 4.98 Å². The maximum atomic E-state index is 13.8. The summed E-state index contributed by atoms with van der Waals surface area (Å²) in [6.07, 6.45) is 6.90. The molecule has 1 saturated heterocycles. The first-order valence-corrected chi connectivity index (χ1v) is 10.4. The fraction of sp³-hybridized carbons (Fsp3) is 0.400. The molecule has 2 atom stereocenters. The molecule has 1 aromatic carbocycles. The second kappa shape index (κ2) is 6.38. The number of hydrogen-bond acceptors (Lipinski definition) is 3. The van der Waals surface area contributed by atoms with Gasteiger partial charge in [0.1, 0.15) is 0 Å². The van der Waals surface area contributed by atoms with E-state index in [0.717, 1.165) is 47.1 Å². The van der Waals surface area contributed by atoms with Gasteiger partial charge in [0.2, 0.25) is 0 Å². The summed E-state index contributed by atoms with van der Waals surface area (Å²) >= 11 is 0. The van der Waals surface area contributed by atoms with Crippen LogP contribution in [0.15, 0.2) is 54.9 Å². The molecular weight excluding hydrogens is 358 g/mol. The van der Waals surface area contributed by atoms with Gasteiger partial charge in [0.25, 0.3) is 5.91 Å². The third kappa shape index (κ3) is 3.21. The second-order valence-electron chi connectivity index (χ2n) is 9.95. The van der Waals surface area contributed by atoms with Crippen LogP contribution in [0.4, 0.5) is 0 Å². The van der Waals surface area contributed by atoms with E-state index >= 15 is 0 Å². The minimum Gasteiger partial charge on any atom is -0.335 e. The summed E-state index contributed by atoms with van der Waals surface area (Å²) in [5.74, 6) is 0.144. The highest BCUT2D eigenvalue weighted by molar-refractivity contribution is 6.07. The van der Waals surface area contributed by atoms with Crippen LogP contribution in [-0.4, -0.2) is 33.4 Å². The van der Waals surface area contributed by atoms with Gasteiger partial charge in [-0.1, -0.05) is 39.0 Å². The molecule has 2 bridgehead atoms. The van der Waals surface area contributed by atoms with Crippen LogP contribution in [0.5, 0.6) is 0 Å². The Morgan fingerprint density at radius 1 is 1.07 bits per heavy atom. The number of benzene rings is 1. The molecule has 1 aliphatic carbocycles. The predicted octanol–water partition coefficient (Wildman–Crippen LogP) is 5.34. The average Bonchev–Trinajstić information content (AvgIpc) is 2.96. The molecule has 1 aliphatic heterocycles. The number of fused-ring (bicyclic) bond motifs is 3. The van der Waals surface area contributed by atoms with E-state index < -0.39 is 0 Å². The van der Waals surface area contributed by atoms with Crippen molar-refractivity contribution in [2.75, 3.05) is 6.54 Å². The van der Waals surface area contributed by atoms with Crippen LogP contribution < -0.4 is 0 Å². The zero-order chi connectivity index (χ0) is 20.2. The molecule has 0 spiro atoms. The molecule has 2 fully saturated rings. The average molecular weight is 386 g/mol. The maximum absolute atomic E-state index is 13.8. The molecule has 5 rings (SSSR count). The van der Waals surface area contributed by atoms with Gasteiger partial charge in [-0.3, -0.25) is 9.78 Å². The molecule has 4 nitrogen and oxygen atoms in total. The van der Waals surface area contributed by atoms with Gasteiger partial charge >= 0.3 is 0 Å². The van der Waals surface area contributed by atoms with E-state index in [0.29, 0.717) is 6.04 Å².